The number of nitrogens with one attached hydrogen (secondary N) is 1. The first-order chi connectivity index (χ1) is 14.5. The van der Waals surface area contributed by atoms with E-state index in [9.17, 15) is 9.59 Å². The van der Waals surface area contributed by atoms with Gasteiger partial charge in [-0.3, -0.25) is 14.6 Å². The number of aryl methyl sites for hydroxylation is 2. The third-order valence-electron chi connectivity index (χ3n) is 6.18. The standard InChI is InChI=1S/C23H29N5O2/c1-4-17-11-15(2)21(25-13-17)27-7-9-28(10-8-27)23(30)18-5-6-19(24-14-18)20-16(3)12-26-22(20)29/h5-6,11,13-14,16,20H,4,7-10,12H2,1-3H3,(H,26,29)/t16?,20-/m1/s1. The minimum absolute atomic E-state index is 0.0105. The van der Waals surface area contributed by atoms with Gasteiger partial charge in [-0.05, 0) is 42.5 Å². The Morgan fingerprint density at radius 3 is 2.50 bits per heavy atom. The summed E-state index contributed by atoms with van der Waals surface area (Å²) in [5, 5.41) is 2.87. The molecule has 7 nitrogen and oxygen atoms in total. The highest BCUT2D eigenvalue weighted by Gasteiger charge is 2.34. The summed E-state index contributed by atoms with van der Waals surface area (Å²) in [6, 6.07) is 5.81. The van der Waals surface area contributed by atoms with E-state index in [2.05, 4.69) is 40.1 Å². The van der Waals surface area contributed by atoms with Crippen molar-refractivity contribution < 1.29 is 9.59 Å². The van der Waals surface area contributed by atoms with E-state index in [1.807, 2.05) is 24.1 Å². The summed E-state index contributed by atoms with van der Waals surface area (Å²) in [7, 11) is 0. The van der Waals surface area contributed by atoms with E-state index in [1.165, 1.54) is 11.1 Å². The highest BCUT2D eigenvalue weighted by Crippen LogP contribution is 2.27. The molecular weight excluding hydrogens is 378 g/mol. The Kier molecular flexibility index (Phi) is 5.70. The Hall–Kier alpha value is -2.96. The number of hydrogen-bond acceptors (Lipinski definition) is 5. The first-order valence-corrected chi connectivity index (χ1v) is 10.7. The summed E-state index contributed by atoms with van der Waals surface area (Å²) >= 11 is 0. The van der Waals surface area contributed by atoms with Crippen molar-refractivity contribution in [2.75, 3.05) is 37.6 Å². The molecule has 1 N–H and O–H groups in total. The fraction of sp³-hybridized carbons (Fsp3) is 0.478. The molecule has 0 saturated carbocycles. The maximum Gasteiger partial charge on any atom is 0.255 e. The first-order valence-electron chi connectivity index (χ1n) is 10.7. The fourth-order valence-corrected chi connectivity index (χ4v) is 4.34. The van der Waals surface area contributed by atoms with E-state index in [0.29, 0.717) is 25.2 Å². The van der Waals surface area contributed by atoms with Crippen LogP contribution in [0.1, 0.15) is 46.9 Å². The van der Waals surface area contributed by atoms with E-state index >= 15 is 0 Å². The quantitative estimate of drug-likeness (QED) is 0.840. The zero-order chi connectivity index (χ0) is 21.3. The average molecular weight is 408 g/mol. The molecule has 1 unspecified atom stereocenters. The van der Waals surface area contributed by atoms with E-state index in [0.717, 1.165) is 31.0 Å². The second kappa shape index (κ2) is 8.42. The molecule has 2 fully saturated rings. The fourth-order valence-electron chi connectivity index (χ4n) is 4.34. The molecule has 2 aliphatic rings. The van der Waals surface area contributed by atoms with Crippen LogP contribution in [0.15, 0.2) is 30.6 Å². The number of amides is 2. The highest BCUT2D eigenvalue weighted by molar-refractivity contribution is 5.94. The van der Waals surface area contributed by atoms with Crippen molar-refractivity contribution in [2.24, 2.45) is 5.92 Å². The van der Waals surface area contributed by atoms with Crippen LogP contribution in [-0.4, -0.2) is 59.4 Å². The van der Waals surface area contributed by atoms with Gasteiger partial charge in [-0.2, -0.15) is 0 Å². The van der Waals surface area contributed by atoms with Crippen molar-refractivity contribution in [1.82, 2.24) is 20.2 Å². The predicted octanol–water partition coefficient (Wildman–Crippen LogP) is 2.16. The molecule has 158 valence electrons. The van der Waals surface area contributed by atoms with E-state index in [4.69, 9.17) is 0 Å². The molecule has 2 atom stereocenters. The summed E-state index contributed by atoms with van der Waals surface area (Å²) < 4.78 is 0. The lowest BCUT2D eigenvalue weighted by Crippen LogP contribution is -2.49. The minimum atomic E-state index is -0.229. The van der Waals surface area contributed by atoms with Gasteiger partial charge < -0.3 is 15.1 Å². The molecule has 2 saturated heterocycles. The molecule has 30 heavy (non-hydrogen) atoms. The van der Waals surface area contributed by atoms with Crippen LogP contribution in [0.5, 0.6) is 0 Å². The first kappa shape index (κ1) is 20.3. The number of aromatic nitrogens is 2. The lowest BCUT2D eigenvalue weighted by atomic mass is 9.93. The normalized spacial score (nSPS) is 21.6. The molecule has 2 aromatic heterocycles. The summed E-state index contributed by atoms with van der Waals surface area (Å²) in [4.78, 5) is 38.1. The van der Waals surface area contributed by atoms with Crippen molar-refractivity contribution in [2.45, 2.75) is 33.1 Å². The van der Waals surface area contributed by atoms with Crippen LogP contribution in [0, 0.1) is 12.8 Å². The molecular formula is C23H29N5O2. The lowest BCUT2D eigenvalue weighted by molar-refractivity contribution is -0.120. The van der Waals surface area contributed by atoms with Crippen LogP contribution in [0.2, 0.25) is 0 Å². The number of nitrogens with zero attached hydrogens (tertiary/aromatic N) is 4. The van der Waals surface area contributed by atoms with Crippen LogP contribution in [-0.2, 0) is 11.2 Å². The molecule has 7 heteroatoms. The number of carbonyl (C=O) groups is 2. The molecule has 4 rings (SSSR count). The molecule has 2 aliphatic heterocycles. The van der Waals surface area contributed by atoms with E-state index in [-0.39, 0.29) is 23.7 Å². The van der Waals surface area contributed by atoms with Gasteiger partial charge >= 0.3 is 0 Å². The van der Waals surface area contributed by atoms with Gasteiger partial charge in [0.15, 0.2) is 0 Å². The van der Waals surface area contributed by atoms with Gasteiger partial charge in [-0.15, -0.1) is 0 Å². The van der Waals surface area contributed by atoms with Gasteiger partial charge in [-0.1, -0.05) is 19.9 Å². The third kappa shape index (κ3) is 3.88. The van der Waals surface area contributed by atoms with E-state index in [1.54, 1.807) is 12.3 Å². The van der Waals surface area contributed by atoms with Gasteiger partial charge in [0.25, 0.3) is 5.91 Å². The van der Waals surface area contributed by atoms with Crippen molar-refractivity contribution in [3.05, 3.63) is 53.0 Å². The number of carbonyl (C=O) groups excluding carboxylic acids is 2. The van der Waals surface area contributed by atoms with Gasteiger partial charge in [0, 0.05) is 45.1 Å². The lowest BCUT2D eigenvalue weighted by Gasteiger charge is -2.36. The van der Waals surface area contributed by atoms with Crippen LogP contribution >= 0.6 is 0 Å². The van der Waals surface area contributed by atoms with Crippen molar-refractivity contribution >= 4 is 17.6 Å². The van der Waals surface area contributed by atoms with E-state index < -0.39 is 0 Å². The molecule has 2 amide bonds. The van der Waals surface area contributed by atoms with Crippen molar-refractivity contribution in [3.63, 3.8) is 0 Å². The average Bonchev–Trinajstić information content (AvgIpc) is 3.11. The van der Waals surface area contributed by atoms with Crippen LogP contribution in [0.25, 0.3) is 0 Å². The Labute approximate surface area is 177 Å². The number of hydrogen-bond donors (Lipinski definition) is 1. The summed E-state index contributed by atoms with van der Waals surface area (Å²) in [6.07, 6.45) is 4.53. The highest BCUT2D eigenvalue weighted by atomic mass is 16.2. The SMILES string of the molecule is CCc1cnc(N2CCN(C(=O)c3ccc([C@@H]4C(=O)NCC4C)nc3)CC2)c(C)c1. The second-order valence-electron chi connectivity index (χ2n) is 8.29. The minimum Gasteiger partial charge on any atom is -0.355 e. The molecule has 2 aromatic rings. The second-order valence-corrected chi connectivity index (χ2v) is 8.29. The number of pyridine rings is 2. The summed E-state index contributed by atoms with van der Waals surface area (Å²) in [5.74, 6) is 0.995. The molecule has 0 bridgehead atoms. The molecule has 0 radical (unpaired) electrons. The molecule has 0 aliphatic carbocycles. The predicted molar refractivity (Wildman–Crippen MR) is 116 cm³/mol. The third-order valence-corrected chi connectivity index (χ3v) is 6.18. The molecule has 4 heterocycles. The zero-order valence-electron chi connectivity index (χ0n) is 17.9. The van der Waals surface area contributed by atoms with Crippen LogP contribution in [0.3, 0.4) is 0 Å². The van der Waals surface area contributed by atoms with Crippen LogP contribution < -0.4 is 10.2 Å². The monoisotopic (exact) mass is 407 g/mol. The Morgan fingerprint density at radius 1 is 1.17 bits per heavy atom. The van der Waals surface area contributed by atoms with Gasteiger partial charge in [-0.25, -0.2) is 4.98 Å². The Balaban J connectivity index is 1.39. The number of piperazine rings is 1. The number of anilines is 1. The Morgan fingerprint density at radius 2 is 1.93 bits per heavy atom. The van der Waals surface area contributed by atoms with Gasteiger partial charge in [0.2, 0.25) is 5.91 Å². The van der Waals surface area contributed by atoms with Gasteiger partial charge in [0.1, 0.15) is 5.82 Å². The molecule has 0 spiro atoms. The van der Waals surface area contributed by atoms with Crippen molar-refractivity contribution in [1.29, 1.82) is 0 Å². The topological polar surface area (TPSA) is 78.4 Å². The summed E-state index contributed by atoms with van der Waals surface area (Å²) in [6.45, 7) is 9.76. The zero-order valence-corrected chi connectivity index (χ0v) is 17.9. The Bertz CT molecular complexity index is 935. The smallest absolute Gasteiger partial charge is 0.255 e. The van der Waals surface area contributed by atoms with Gasteiger partial charge in [0.05, 0.1) is 17.2 Å². The van der Waals surface area contributed by atoms with Crippen molar-refractivity contribution in [3.8, 4) is 0 Å². The maximum absolute atomic E-state index is 12.9. The maximum atomic E-state index is 12.9. The van der Waals surface area contributed by atoms with Crippen LogP contribution in [0.4, 0.5) is 5.82 Å². The largest absolute Gasteiger partial charge is 0.355 e. The molecule has 0 aromatic carbocycles. The number of rotatable bonds is 4. The summed E-state index contributed by atoms with van der Waals surface area (Å²) in [5.41, 5.74) is 3.72.